The average Bonchev–Trinajstić information content (AvgIpc) is 2.53. The number of nitrogens with zero attached hydrogens (tertiary/aromatic N) is 1. The maximum absolute atomic E-state index is 13.4. The first-order valence-electron chi connectivity index (χ1n) is 7.40. The molecule has 0 spiro atoms. The number of halogens is 1. The van der Waals surface area contributed by atoms with Gasteiger partial charge in [0.15, 0.2) is 0 Å². The number of carboxylic acids is 1. The van der Waals surface area contributed by atoms with E-state index < -0.39 is 17.8 Å². The molecule has 2 rings (SSSR count). The number of hydrogen-bond donors (Lipinski definition) is 2. The second kappa shape index (κ2) is 7.70. The van der Waals surface area contributed by atoms with Crippen LogP contribution < -0.4 is 5.32 Å². The monoisotopic (exact) mass is 330 g/mol. The largest absolute Gasteiger partial charge is 0.478 e. The number of benzene rings is 2. The van der Waals surface area contributed by atoms with Gasteiger partial charge >= 0.3 is 5.97 Å². The van der Waals surface area contributed by atoms with Crippen LogP contribution in [0.15, 0.2) is 48.5 Å². The van der Waals surface area contributed by atoms with Crippen molar-refractivity contribution in [2.75, 3.05) is 14.1 Å². The fourth-order valence-electron chi connectivity index (χ4n) is 2.41. The Morgan fingerprint density at radius 1 is 1.17 bits per heavy atom. The van der Waals surface area contributed by atoms with Crippen LogP contribution in [0.1, 0.15) is 27.5 Å². The molecule has 0 aliphatic heterocycles. The summed E-state index contributed by atoms with van der Waals surface area (Å²) >= 11 is 0. The van der Waals surface area contributed by atoms with Crippen molar-refractivity contribution in [2.24, 2.45) is 0 Å². The van der Waals surface area contributed by atoms with Gasteiger partial charge in [-0.2, -0.15) is 0 Å². The predicted octanol–water partition coefficient (Wildman–Crippen LogP) is 2.44. The Bertz CT molecular complexity index is 729. The van der Waals surface area contributed by atoms with Crippen LogP contribution in [0.2, 0.25) is 0 Å². The Morgan fingerprint density at radius 3 is 2.38 bits per heavy atom. The highest BCUT2D eigenvalue weighted by Crippen LogP contribution is 2.19. The normalized spacial score (nSPS) is 12.0. The summed E-state index contributed by atoms with van der Waals surface area (Å²) in [5, 5.41) is 11.7. The summed E-state index contributed by atoms with van der Waals surface area (Å²) in [4.78, 5) is 25.0. The van der Waals surface area contributed by atoms with Gasteiger partial charge in [0, 0.05) is 6.54 Å². The molecule has 24 heavy (non-hydrogen) atoms. The number of carbonyl (C=O) groups is 2. The van der Waals surface area contributed by atoms with E-state index in [9.17, 15) is 14.0 Å². The van der Waals surface area contributed by atoms with Crippen molar-refractivity contribution in [3.8, 4) is 0 Å². The highest BCUT2D eigenvalue weighted by molar-refractivity contribution is 5.87. The standard InChI is InChI=1S/C18H19FN2O3/c1-21(2)16(14-4-3-5-15(19)10-14)17(22)20-11-12-6-8-13(9-7-12)18(23)24/h3-10,16H,11H2,1-2H3,(H,20,22)(H,23,24)/t16-/m1/s1. The third-order valence-electron chi connectivity index (χ3n) is 3.60. The molecule has 0 aromatic heterocycles. The summed E-state index contributed by atoms with van der Waals surface area (Å²) in [6.45, 7) is 0.262. The van der Waals surface area contributed by atoms with Crippen LogP contribution in [-0.4, -0.2) is 36.0 Å². The number of carboxylic acid groups (broad SMARTS) is 1. The van der Waals surface area contributed by atoms with Gasteiger partial charge in [0.25, 0.3) is 0 Å². The zero-order valence-corrected chi connectivity index (χ0v) is 13.5. The zero-order valence-electron chi connectivity index (χ0n) is 13.5. The molecule has 5 nitrogen and oxygen atoms in total. The highest BCUT2D eigenvalue weighted by atomic mass is 19.1. The SMILES string of the molecule is CN(C)[C@@H](C(=O)NCc1ccc(C(=O)O)cc1)c1cccc(F)c1. The van der Waals surface area contributed by atoms with Crippen LogP contribution in [0.3, 0.4) is 0 Å². The van der Waals surface area contributed by atoms with Crippen LogP contribution in [0, 0.1) is 5.82 Å². The number of rotatable bonds is 6. The minimum atomic E-state index is -0.996. The second-order valence-corrected chi connectivity index (χ2v) is 5.64. The topological polar surface area (TPSA) is 69.6 Å². The molecule has 2 aromatic carbocycles. The fraction of sp³-hybridized carbons (Fsp3) is 0.222. The molecule has 0 fully saturated rings. The Morgan fingerprint density at radius 2 is 1.83 bits per heavy atom. The van der Waals surface area contributed by atoms with Crippen LogP contribution >= 0.6 is 0 Å². The summed E-state index contributed by atoms with van der Waals surface area (Å²) in [6, 6.07) is 11.6. The van der Waals surface area contributed by atoms with Gasteiger partial charge in [-0.3, -0.25) is 9.69 Å². The predicted molar refractivity (Wildman–Crippen MR) is 88.1 cm³/mol. The molecule has 126 valence electrons. The molecule has 1 amide bonds. The summed E-state index contributed by atoms with van der Waals surface area (Å²) in [7, 11) is 3.49. The molecule has 2 N–H and O–H groups in total. The number of hydrogen-bond acceptors (Lipinski definition) is 3. The molecule has 0 aliphatic rings. The lowest BCUT2D eigenvalue weighted by atomic mass is 10.0. The third kappa shape index (κ3) is 4.39. The first-order valence-corrected chi connectivity index (χ1v) is 7.40. The van der Waals surface area contributed by atoms with Gasteiger partial charge in [0.05, 0.1) is 5.56 Å². The Hall–Kier alpha value is -2.73. The molecular weight excluding hydrogens is 311 g/mol. The van der Waals surface area contributed by atoms with E-state index in [0.29, 0.717) is 5.56 Å². The van der Waals surface area contributed by atoms with Crippen molar-refractivity contribution in [3.63, 3.8) is 0 Å². The first kappa shape index (κ1) is 17.6. The molecular formula is C18H19FN2O3. The van der Waals surface area contributed by atoms with E-state index in [4.69, 9.17) is 5.11 Å². The van der Waals surface area contributed by atoms with Crippen LogP contribution in [0.25, 0.3) is 0 Å². The molecule has 0 bridgehead atoms. The van der Waals surface area contributed by atoms with Crippen LogP contribution in [-0.2, 0) is 11.3 Å². The quantitative estimate of drug-likeness (QED) is 0.853. The van der Waals surface area contributed by atoms with Crippen molar-refractivity contribution in [2.45, 2.75) is 12.6 Å². The average molecular weight is 330 g/mol. The van der Waals surface area contributed by atoms with Gasteiger partial charge in [0.2, 0.25) is 5.91 Å². The lowest BCUT2D eigenvalue weighted by Crippen LogP contribution is -2.36. The Balaban J connectivity index is 2.07. The second-order valence-electron chi connectivity index (χ2n) is 5.64. The van der Waals surface area contributed by atoms with Crippen molar-refractivity contribution < 1.29 is 19.1 Å². The van der Waals surface area contributed by atoms with Gasteiger partial charge in [0.1, 0.15) is 11.9 Å². The molecule has 0 heterocycles. The fourth-order valence-corrected chi connectivity index (χ4v) is 2.41. The van der Waals surface area contributed by atoms with E-state index in [-0.39, 0.29) is 18.0 Å². The minimum Gasteiger partial charge on any atom is -0.478 e. The number of carbonyl (C=O) groups excluding carboxylic acids is 1. The van der Waals surface area contributed by atoms with E-state index in [1.807, 2.05) is 0 Å². The zero-order chi connectivity index (χ0) is 17.7. The van der Waals surface area contributed by atoms with Gasteiger partial charge in [-0.05, 0) is 49.5 Å². The van der Waals surface area contributed by atoms with Gasteiger partial charge in [-0.1, -0.05) is 24.3 Å². The Labute approximate surface area is 139 Å². The van der Waals surface area contributed by atoms with E-state index in [0.717, 1.165) is 5.56 Å². The van der Waals surface area contributed by atoms with E-state index in [1.165, 1.54) is 24.3 Å². The van der Waals surface area contributed by atoms with Crippen molar-refractivity contribution >= 4 is 11.9 Å². The van der Waals surface area contributed by atoms with Crippen molar-refractivity contribution in [1.82, 2.24) is 10.2 Å². The maximum Gasteiger partial charge on any atom is 0.335 e. The number of nitrogens with one attached hydrogen (secondary N) is 1. The molecule has 0 aliphatic carbocycles. The van der Waals surface area contributed by atoms with Crippen molar-refractivity contribution in [3.05, 3.63) is 71.0 Å². The van der Waals surface area contributed by atoms with Crippen LogP contribution in [0.5, 0.6) is 0 Å². The number of aromatic carboxylic acids is 1. The first-order chi connectivity index (χ1) is 11.4. The summed E-state index contributed by atoms with van der Waals surface area (Å²) in [5.74, 6) is -1.64. The summed E-state index contributed by atoms with van der Waals surface area (Å²) in [5.41, 5.74) is 1.54. The lowest BCUT2D eigenvalue weighted by molar-refractivity contribution is -0.125. The maximum atomic E-state index is 13.4. The third-order valence-corrected chi connectivity index (χ3v) is 3.60. The molecule has 0 unspecified atom stereocenters. The molecule has 6 heteroatoms. The molecule has 0 radical (unpaired) electrons. The van der Waals surface area contributed by atoms with Crippen LogP contribution in [0.4, 0.5) is 4.39 Å². The Kier molecular flexibility index (Phi) is 5.65. The number of likely N-dealkylation sites (N-methyl/N-ethyl adjacent to an activating group) is 1. The van der Waals surface area contributed by atoms with E-state index >= 15 is 0 Å². The highest BCUT2D eigenvalue weighted by Gasteiger charge is 2.23. The lowest BCUT2D eigenvalue weighted by Gasteiger charge is -2.24. The molecule has 0 saturated heterocycles. The summed E-state index contributed by atoms with van der Waals surface area (Å²) in [6.07, 6.45) is 0. The molecule has 1 atom stereocenters. The van der Waals surface area contributed by atoms with Gasteiger partial charge < -0.3 is 10.4 Å². The van der Waals surface area contributed by atoms with Gasteiger partial charge in [-0.15, -0.1) is 0 Å². The van der Waals surface area contributed by atoms with E-state index in [1.54, 1.807) is 43.3 Å². The van der Waals surface area contributed by atoms with Gasteiger partial charge in [-0.25, -0.2) is 9.18 Å². The molecule has 2 aromatic rings. The summed E-state index contributed by atoms with van der Waals surface area (Å²) < 4.78 is 13.4. The smallest absolute Gasteiger partial charge is 0.335 e. The van der Waals surface area contributed by atoms with E-state index in [2.05, 4.69) is 5.32 Å². The van der Waals surface area contributed by atoms with Crippen molar-refractivity contribution in [1.29, 1.82) is 0 Å². The minimum absolute atomic E-state index is 0.191. The number of amides is 1. The molecule has 0 saturated carbocycles.